The smallest absolute Gasteiger partial charge is 0.123 e. The third-order valence-electron chi connectivity index (χ3n) is 2.57. The average Bonchev–Trinajstić information content (AvgIpc) is 2.37. The highest BCUT2D eigenvalue weighted by Gasteiger charge is 1.97. The van der Waals surface area contributed by atoms with E-state index in [4.69, 9.17) is 0 Å². The van der Waals surface area contributed by atoms with E-state index in [0.717, 1.165) is 35.2 Å². The summed E-state index contributed by atoms with van der Waals surface area (Å²) in [7, 11) is 0. The molecule has 1 aromatic carbocycles. The number of aromatic nitrogens is 1. The van der Waals surface area contributed by atoms with E-state index in [1.54, 1.807) is 18.3 Å². The van der Waals surface area contributed by atoms with Gasteiger partial charge in [0.2, 0.25) is 0 Å². The first-order valence-electron chi connectivity index (χ1n) is 5.79. The minimum atomic E-state index is -0.179. The van der Waals surface area contributed by atoms with Crippen LogP contribution in [0.4, 0.5) is 4.39 Å². The average molecular weight is 309 g/mol. The first-order chi connectivity index (χ1) is 8.74. The number of hydrogen-bond acceptors (Lipinski definition) is 2. The Bertz CT molecular complexity index is 499. The highest BCUT2D eigenvalue weighted by Crippen LogP contribution is 2.07. The molecule has 2 rings (SSSR count). The molecule has 0 bridgehead atoms. The van der Waals surface area contributed by atoms with Gasteiger partial charge >= 0.3 is 0 Å². The molecule has 0 saturated carbocycles. The Balaban J connectivity index is 1.74. The molecular formula is C14H14BrFN2. The quantitative estimate of drug-likeness (QED) is 0.857. The van der Waals surface area contributed by atoms with Crippen LogP contribution in [0.3, 0.4) is 0 Å². The van der Waals surface area contributed by atoms with Crippen LogP contribution in [0.15, 0.2) is 47.1 Å². The van der Waals surface area contributed by atoms with Gasteiger partial charge in [0.15, 0.2) is 0 Å². The Morgan fingerprint density at radius 2 is 2.11 bits per heavy atom. The number of pyridine rings is 1. The molecule has 0 aliphatic carbocycles. The molecule has 1 N–H and O–H groups in total. The number of hydrogen-bond donors (Lipinski definition) is 1. The number of halogens is 2. The van der Waals surface area contributed by atoms with Gasteiger partial charge in [0.1, 0.15) is 5.82 Å². The summed E-state index contributed by atoms with van der Waals surface area (Å²) in [6.07, 6.45) is 2.60. The van der Waals surface area contributed by atoms with Crippen LogP contribution in [0.2, 0.25) is 0 Å². The maximum absolute atomic E-state index is 12.9. The minimum absolute atomic E-state index is 0.179. The van der Waals surface area contributed by atoms with Crippen LogP contribution in [0.25, 0.3) is 0 Å². The Hall–Kier alpha value is -1.26. The van der Waals surface area contributed by atoms with E-state index in [1.807, 2.05) is 18.2 Å². The maximum Gasteiger partial charge on any atom is 0.123 e. The monoisotopic (exact) mass is 308 g/mol. The molecule has 94 valence electrons. The lowest BCUT2D eigenvalue weighted by molar-refractivity contribution is 0.622. The van der Waals surface area contributed by atoms with E-state index >= 15 is 0 Å². The van der Waals surface area contributed by atoms with E-state index in [-0.39, 0.29) is 5.82 Å². The summed E-state index contributed by atoms with van der Waals surface area (Å²) in [5.41, 5.74) is 2.00. The van der Waals surface area contributed by atoms with Gasteiger partial charge in [0, 0.05) is 17.2 Å². The van der Waals surface area contributed by atoms with Crippen LogP contribution < -0.4 is 5.32 Å². The van der Waals surface area contributed by atoms with Crippen molar-refractivity contribution in [3.8, 4) is 0 Å². The maximum atomic E-state index is 12.9. The van der Waals surface area contributed by atoms with Crippen molar-refractivity contribution in [3.05, 3.63) is 64.1 Å². The molecule has 0 spiro atoms. The molecule has 0 saturated heterocycles. The lowest BCUT2D eigenvalue weighted by Gasteiger charge is -2.05. The molecule has 2 nitrogen and oxygen atoms in total. The molecule has 1 aromatic heterocycles. The van der Waals surface area contributed by atoms with Crippen molar-refractivity contribution in [1.82, 2.24) is 10.3 Å². The van der Waals surface area contributed by atoms with Gasteiger partial charge in [-0.2, -0.15) is 0 Å². The Labute approximate surface area is 114 Å². The fraction of sp³-hybridized carbons (Fsp3) is 0.214. The van der Waals surface area contributed by atoms with Crippen molar-refractivity contribution in [2.24, 2.45) is 0 Å². The van der Waals surface area contributed by atoms with Gasteiger partial charge in [-0.25, -0.2) is 4.39 Å². The fourth-order valence-corrected chi connectivity index (χ4v) is 1.89. The molecule has 0 amide bonds. The summed E-state index contributed by atoms with van der Waals surface area (Å²) < 4.78 is 13.9. The van der Waals surface area contributed by atoms with Crippen molar-refractivity contribution in [2.75, 3.05) is 6.54 Å². The van der Waals surface area contributed by atoms with E-state index in [0.29, 0.717) is 0 Å². The van der Waals surface area contributed by atoms with Gasteiger partial charge in [-0.3, -0.25) is 4.98 Å². The van der Waals surface area contributed by atoms with Gasteiger partial charge in [0.25, 0.3) is 0 Å². The summed E-state index contributed by atoms with van der Waals surface area (Å²) in [5, 5.41) is 3.29. The Morgan fingerprint density at radius 1 is 1.22 bits per heavy atom. The third kappa shape index (κ3) is 4.20. The van der Waals surface area contributed by atoms with Gasteiger partial charge < -0.3 is 5.32 Å². The molecule has 18 heavy (non-hydrogen) atoms. The minimum Gasteiger partial charge on any atom is -0.311 e. The van der Waals surface area contributed by atoms with E-state index in [9.17, 15) is 4.39 Å². The van der Waals surface area contributed by atoms with Gasteiger partial charge in [-0.05, 0) is 58.7 Å². The predicted octanol–water partition coefficient (Wildman–Crippen LogP) is 3.32. The summed E-state index contributed by atoms with van der Waals surface area (Å²) >= 11 is 3.35. The molecular weight excluding hydrogens is 295 g/mol. The molecule has 0 atom stereocenters. The Morgan fingerprint density at radius 3 is 2.83 bits per heavy atom. The SMILES string of the molecule is Fc1cccc(CCNCc2ccc(Br)cn2)c1. The van der Waals surface area contributed by atoms with Crippen LogP contribution in [0.5, 0.6) is 0 Å². The van der Waals surface area contributed by atoms with Crippen molar-refractivity contribution < 1.29 is 4.39 Å². The number of benzene rings is 1. The van der Waals surface area contributed by atoms with E-state index < -0.39 is 0 Å². The molecule has 0 fully saturated rings. The van der Waals surface area contributed by atoms with Crippen LogP contribution >= 0.6 is 15.9 Å². The summed E-state index contributed by atoms with van der Waals surface area (Å²) in [6, 6.07) is 10.6. The number of nitrogens with one attached hydrogen (secondary N) is 1. The van der Waals surface area contributed by atoms with Crippen LogP contribution in [-0.4, -0.2) is 11.5 Å². The summed E-state index contributed by atoms with van der Waals surface area (Å²) in [5.74, 6) is -0.179. The van der Waals surface area contributed by atoms with Gasteiger partial charge in [0.05, 0.1) is 5.69 Å². The van der Waals surface area contributed by atoms with Crippen molar-refractivity contribution in [1.29, 1.82) is 0 Å². The predicted molar refractivity (Wildman–Crippen MR) is 73.7 cm³/mol. The second kappa shape index (κ2) is 6.61. The first-order valence-corrected chi connectivity index (χ1v) is 6.59. The Kier molecular flexibility index (Phi) is 4.84. The van der Waals surface area contributed by atoms with Crippen LogP contribution in [-0.2, 0) is 13.0 Å². The molecule has 0 aliphatic rings. The molecule has 0 radical (unpaired) electrons. The topological polar surface area (TPSA) is 24.9 Å². The van der Waals surface area contributed by atoms with Gasteiger partial charge in [-0.15, -0.1) is 0 Å². The van der Waals surface area contributed by atoms with Crippen LogP contribution in [0, 0.1) is 5.82 Å². The van der Waals surface area contributed by atoms with Crippen molar-refractivity contribution in [3.63, 3.8) is 0 Å². The number of nitrogens with zero attached hydrogens (tertiary/aromatic N) is 1. The number of rotatable bonds is 5. The standard InChI is InChI=1S/C14H14BrFN2/c15-12-4-5-14(18-9-12)10-17-7-6-11-2-1-3-13(16)8-11/h1-5,8-9,17H,6-7,10H2. The molecule has 0 unspecified atom stereocenters. The zero-order valence-corrected chi connectivity index (χ0v) is 11.5. The third-order valence-corrected chi connectivity index (χ3v) is 3.04. The first kappa shape index (κ1) is 13.2. The normalized spacial score (nSPS) is 10.6. The van der Waals surface area contributed by atoms with Crippen molar-refractivity contribution >= 4 is 15.9 Å². The highest BCUT2D eigenvalue weighted by atomic mass is 79.9. The largest absolute Gasteiger partial charge is 0.311 e. The van der Waals surface area contributed by atoms with E-state index in [2.05, 4.69) is 26.2 Å². The summed E-state index contributed by atoms with van der Waals surface area (Å²) in [4.78, 5) is 4.27. The molecule has 0 aliphatic heterocycles. The van der Waals surface area contributed by atoms with E-state index in [1.165, 1.54) is 6.07 Å². The molecule has 2 aromatic rings. The lowest BCUT2D eigenvalue weighted by atomic mass is 10.1. The summed E-state index contributed by atoms with van der Waals surface area (Å²) in [6.45, 7) is 1.53. The zero-order valence-electron chi connectivity index (χ0n) is 9.87. The zero-order chi connectivity index (χ0) is 12.8. The molecule has 4 heteroatoms. The molecule has 1 heterocycles. The van der Waals surface area contributed by atoms with Crippen LogP contribution in [0.1, 0.15) is 11.3 Å². The second-order valence-electron chi connectivity index (χ2n) is 4.02. The fourth-order valence-electron chi connectivity index (χ4n) is 1.65. The second-order valence-corrected chi connectivity index (χ2v) is 4.94. The lowest BCUT2D eigenvalue weighted by Crippen LogP contribution is -2.17. The van der Waals surface area contributed by atoms with Gasteiger partial charge in [-0.1, -0.05) is 12.1 Å². The highest BCUT2D eigenvalue weighted by molar-refractivity contribution is 9.10. The van der Waals surface area contributed by atoms with Crippen molar-refractivity contribution in [2.45, 2.75) is 13.0 Å².